The molecule has 6 nitrogen and oxygen atoms in total. The van der Waals surface area contributed by atoms with Gasteiger partial charge in [-0.05, 0) is 38.1 Å². The summed E-state index contributed by atoms with van der Waals surface area (Å²) in [5, 5.41) is 12.0. The van der Waals surface area contributed by atoms with Crippen molar-refractivity contribution in [2.75, 3.05) is 7.11 Å². The number of hydrogen-bond acceptors (Lipinski definition) is 5. The Morgan fingerprint density at radius 3 is 2.76 bits per heavy atom. The summed E-state index contributed by atoms with van der Waals surface area (Å²) in [5.41, 5.74) is 0.561. The second kappa shape index (κ2) is 8.60. The van der Waals surface area contributed by atoms with Crippen molar-refractivity contribution in [2.24, 2.45) is 0 Å². The molecule has 0 saturated carbocycles. The first kappa shape index (κ1) is 18.1. The van der Waals surface area contributed by atoms with E-state index >= 15 is 0 Å². The molecule has 0 aliphatic heterocycles. The summed E-state index contributed by atoms with van der Waals surface area (Å²) >= 11 is 0. The summed E-state index contributed by atoms with van der Waals surface area (Å²) in [7, 11) is 1.54. The molecule has 0 aliphatic carbocycles. The molecular weight excluding hydrogens is 320 g/mol. The van der Waals surface area contributed by atoms with E-state index in [-0.39, 0.29) is 18.2 Å². The number of nitrogens with one attached hydrogen (secondary N) is 1. The summed E-state index contributed by atoms with van der Waals surface area (Å²) in [5.74, 6) is 1.15. The Morgan fingerprint density at radius 1 is 1.36 bits per heavy atom. The maximum atomic E-state index is 12.2. The van der Waals surface area contributed by atoms with Gasteiger partial charge in [0.15, 0.2) is 11.5 Å². The number of amides is 1. The molecule has 1 aromatic heterocycles. The molecule has 0 bridgehead atoms. The Kier molecular flexibility index (Phi) is 6.24. The van der Waals surface area contributed by atoms with E-state index in [1.165, 1.54) is 19.4 Å². The first-order chi connectivity index (χ1) is 12.0. The molecule has 0 unspecified atom stereocenters. The second-order valence-corrected chi connectivity index (χ2v) is 5.48. The Hall–Kier alpha value is -3.20. The van der Waals surface area contributed by atoms with Crippen molar-refractivity contribution in [2.45, 2.75) is 26.5 Å². The van der Waals surface area contributed by atoms with Crippen LogP contribution in [0.2, 0.25) is 0 Å². The van der Waals surface area contributed by atoms with Crippen LogP contribution in [-0.4, -0.2) is 19.1 Å². The lowest BCUT2D eigenvalue weighted by atomic mass is 10.1. The van der Waals surface area contributed by atoms with Crippen molar-refractivity contribution in [3.8, 4) is 17.6 Å². The van der Waals surface area contributed by atoms with Crippen molar-refractivity contribution in [3.05, 3.63) is 53.5 Å². The van der Waals surface area contributed by atoms with Crippen LogP contribution < -0.4 is 14.8 Å². The van der Waals surface area contributed by atoms with E-state index in [0.29, 0.717) is 22.8 Å². The third kappa shape index (κ3) is 4.88. The van der Waals surface area contributed by atoms with E-state index in [1.54, 1.807) is 30.3 Å². The molecule has 6 heteroatoms. The molecule has 0 radical (unpaired) electrons. The first-order valence-electron chi connectivity index (χ1n) is 7.81. The number of rotatable bonds is 7. The van der Waals surface area contributed by atoms with Gasteiger partial charge in [-0.2, -0.15) is 5.26 Å². The van der Waals surface area contributed by atoms with Crippen LogP contribution in [0.5, 0.6) is 11.5 Å². The van der Waals surface area contributed by atoms with Gasteiger partial charge >= 0.3 is 0 Å². The molecule has 0 fully saturated rings. The molecular formula is C19H20N2O4. The van der Waals surface area contributed by atoms with Gasteiger partial charge in [0, 0.05) is 5.56 Å². The topological polar surface area (TPSA) is 84.5 Å². The lowest BCUT2D eigenvalue weighted by Gasteiger charge is -2.16. The molecule has 1 aromatic carbocycles. The van der Waals surface area contributed by atoms with E-state index in [4.69, 9.17) is 13.9 Å². The Morgan fingerprint density at radius 2 is 2.16 bits per heavy atom. The highest BCUT2D eigenvalue weighted by Crippen LogP contribution is 2.33. The molecule has 25 heavy (non-hydrogen) atoms. The minimum absolute atomic E-state index is 0.0339. The van der Waals surface area contributed by atoms with Crippen LogP contribution in [0.25, 0.3) is 6.08 Å². The van der Waals surface area contributed by atoms with Gasteiger partial charge in [0.2, 0.25) is 0 Å². The molecule has 130 valence electrons. The zero-order valence-corrected chi connectivity index (χ0v) is 14.4. The SMILES string of the molecule is COc1cccc(/C=C(\C#N)C(=O)NCc2ccco2)c1OC(C)C. The number of ether oxygens (including phenoxy) is 2. The van der Waals surface area contributed by atoms with Crippen LogP contribution in [0.3, 0.4) is 0 Å². The number of nitriles is 1. The van der Waals surface area contributed by atoms with Gasteiger partial charge < -0.3 is 19.2 Å². The number of benzene rings is 1. The van der Waals surface area contributed by atoms with Gasteiger partial charge in [-0.3, -0.25) is 4.79 Å². The van der Waals surface area contributed by atoms with Crippen LogP contribution in [0.15, 0.2) is 46.6 Å². The van der Waals surface area contributed by atoms with Crippen LogP contribution in [0.1, 0.15) is 25.2 Å². The number of carbonyl (C=O) groups excluding carboxylic acids is 1. The predicted molar refractivity (Wildman–Crippen MR) is 92.9 cm³/mol. The fraction of sp³-hybridized carbons (Fsp3) is 0.263. The fourth-order valence-corrected chi connectivity index (χ4v) is 2.15. The monoisotopic (exact) mass is 340 g/mol. The summed E-state index contributed by atoms with van der Waals surface area (Å²) in [6.07, 6.45) is 2.92. The highest BCUT2D eigenvalue weighted by Gasteiger charge is 2.15. The summed E-state index contributed by atoms with van der Waals surface area (Å²) in [4.78, 5) is 12.2. The summed E-state index contributed by atoms with van der Waals surface area (Å²) in [6.45, 7) is 3.99. The number of furan rings is 1. The number of methoxy groups -OCH3 is 1. The van der Waals surface area contributed by atoms with Gasteiger partial charge in [-0.1, -0.05) is 12.1 Å². The molecule has 1 amide bonds. The Bertz CT molecular complexity index is 786. The largest absolute Gasteiger partial charge is 0.493 e. The fourth-order valence-electron chi connectivity index (χ4n) is 2.15. The molecule has 0 atom stereocenters. The summed E-state index contributed by atoms with van der Waals surface area (Å²) in [6, 6.07) is 10.7. The molecule has 2 aromatic rings. The smallest absolute Gasteiger partial charge is 0.262 e. The van der Waals surface area contributed by atoms with E-state index in [9.17, 15) is 10.1 Å². The zero-order chi connectivity index (χ0) is 18.2. The molecule has 1 N–H and O–H groups in total. The first-order valence-corrected chi connectivity index (χ1v) is 7.81. The molecule has 2 rings (SSSR count). The lowest BCUT2D eigenvalue weighted by Crippen LogP contribution is -2.23. The second-order valence-electron chi connectivity index (χ2n) is 5.48. The van der Waals surface area contributed by atoms with Crippen LogP contribution in [0.4, 0.5) is 0 Å². The average molecular weight is 340 g/mol. The van der Waals surface area contributed by atoms with Gasteiger partial charge in [-0.25, -0.2) is 0 Å². The van der Waals surface area contributed by atoms with Crippen LogP contribution in [-0.2, 0) is 11.3 Å². The number of hydrogen-bond donors (Lipinski definition) is 1. The lowest BCUT2D eigenvalue weighted by molar-refractivity contribution is -0.117. The Labute approximate surface area is 146 Å². The van der Waals surface area contributed by atoms with Gasteiger partial charge in [0.1, 0.15) is 17.4 Å². The van der Waals surface area contributed by atoms with Crippen molar-refractivity contribution >= 4 is 12.0 Å². The van der Waals surface area contributed by atoms with Gasteiger partial charge in [0.25, 0.3) is 5.91 Å². The predicted octanol–water partition coefficient (Wildman–Crippen LogP) is 3.30. The quantitative estimate of drug-likeness (QED) is 0.617. The molecule has 1 heterocycles. The third-order valence-corrected chi connectivity index (χ3v) is 3.25. The highest BCUT2D eigenvalue weighted by molar-refractivity contribution is 6.02. The van der Waals surface area contributed by atoms with E-state index in [1.807, 2.05) is 19.9 Å². The minimum atomic E-state index is -0.489. The minimum Gasteiger partial charge on any atom is -0.493 e. The van der Waals surface area contributed by atoms with Crippen molar-refractivity contribution in [1.29, 1.82) is 5.26 Å². The van der Waals surface area contributed by atoms with Gasteiger partial charge in [0.05, 0.1) is 26.0 Å². The average Bonchev–Trinajstić information content (AvgIpc) is 3.11. The number of carbonyl (C=O) groups is 1. The van der Waals surface area contributed by atoms with Crippen LogP contribution in [0, 0.1) is 11.3 Å². The number of para-hydroxylation sites is 1. The van der Waals surface area contributed by atoms with Crippen molar-refractivity contribution < 1.29 is 18.7 Å². The molecule has 0 spiro atoms. The van der Waals surface area contributed by atoms with Crippen LogP contribution >= 0.6 is 0 Å². The van der Waals surface area contributed by atoms with E-state index in [2.05, 4.69) is 5.32 Å². The highest BCUT2D eigenvalue weighted by atomic mass is 16.5. The summed E-state index contributed by atoms with van der Waals surface area (Å²) < 4.78 is 16.2. The van der Waals surface area contributed by atoms with E-state index < -0.39 is 5.91 Å². The normalized spacial score (nSPS) is 11.1. The Balaban J connectivity index is 2.26. The maximum absolute atomic E-state index is 12.2. The molecule has 0 saturated heterocycles. The zero-order valence-electron chi connectivity index (χ0n) is 14.4. The van der Waals surface area contributed by atoms with Gasteiger partial charge in [-0.15, -0.1) is 0 Å². The maximum Gasteiger partial charge on any atom is 0.262 e. The standard InChI is InChI=1S/C19H20N2O4/c1-13(2)25-18-14(6-4-8-17(18)23-3)10-15(11-20)19(22)21-12-16-7-5-9-24-16/h4-10,13H,12H2,1-3H3,(H,21,22)/b15-10+. The molecule has 0 aliphatic rings. The van der Waals surface area contributed by atoms with Crippen molar-refractivity contribution in [3.63, 3.8) is 0 Å². The number of nitrogens with zero attached hydrogens (tertiary/aromatic N) is 1. The van der Waals surface area contributed by atoms with E-state index in [0.717, 1.165) is 0 Å². The third-order valence-electron chi connectivity index (χ3n) is 3.25. The van der Waals surface area contributed by atoms with Crippen molar-refractivity contribution in [1.82, 2.24) is 5.32 Å².